The van der Waals surface area contributed by atoms with Gasteiger partial charge in [-0.3, -0.25) is 0 Å². The molecule has 0 atom stereocenters. The monoisotopic (exact) mass is 251 g/mol. The number of nitrogens with zero attached hydrogens (tertiary/aromatic N) is 1. The smallest absolute Gasteiger partial charge is 0.127 e. The zero-order valence-electron chi connectivity index (χ0n) is 11.5. The standard InChI is InChI=1S/C17H17NO/c1-17(2,3)14-5-4-6-16(11-14)19-15-9-7-13(12-18)8-10-15/h4-11H,1-3H3. The van der Waals surface area contributed by atoms with Gasteiger partial charge in [-0.15, -0.1) is 0 Å². The molecule has 19 heavy (non-hydrogen) atoms. The molecule has 0 aromatic heterocycles. The molecule has 0 fully saturated rings. The van der Waals surface area contributed by atoms with E-state index in [1.165, 1.54) is 5.56 Å². The van der Waals surface area contributed by atoms with Gasteiger partial charge in [0.05, 0.1) is 11.6 Å². The first-order valence-corrected chi connectivity index (χ1v) is 6.27. The number of rotatable bonds is 2. The molecule has 0 saturated heterocycles. The van der Waals surface area contributed by atoms with E-state index in [-0.39, 0.29) is 5.41 Å². The van der Waals surface area contributed by atoms with Crippen LogP contribution in [0.15, 0.2) is 48.5 Å². The molecule has 2 aromatic rings. The summed E-state index contributed by atoms with van der Waals surface area (Å²) in [6, 6.07) is 17.3. The minimum atomic E-state index is 0.101. The topological polar surface area (TPSA) is 33.0 Å². The molecule has 0 bridgehead atoms. The lowest BCUT2D eigenvalue weighted by Gasteiger charge is -2.19. The number of hydrogen-bond donors (Lipinski definition) is 0. The van der Waals surface area contributed by atoms with Gasteiger partial charge in [-0.2, -0.15) is 5.26 Å². The van der Waals surface area contributed by atoms with Crippen molar-refractivity contribution in [2.75, 3.05) is 0 Å². The molecule has 0 radical (unpaired) electrons. The van der Waals surface area contributed by atoms with Crippen LogP contribution < -0.4 is 4.74 Å². The van der Waals surface area contributed by atoms with Crippen LogP contribution in [0, 0.1) is 11.3 Å². The predicted molar refractivity (Wildman–Crippen MR) is 76.4 cm³/mol. The molecule has 2 aromatic carbocycles. The van der Waals surface area contributed by atoms with Crippen LogP contribution in [-0.2, 0) is 5.41 Å². The van der Waals surface area contributed by atoms with Gasteiger partial charge < -0.3 is 4.74 Å². The first-order chi connectivity index (χ1) is 8.99. The third-order valence-corrected chi connectivity index (χ3v) is 2.92. The summed E-state index contributed by atoms with van der Waals surface area (Å²) in [6.07, 6.45) is 0. The van der Waals surface area contributed by atoms with Gasteiger partial charge in [-0.25, -0.2) is 0 Å². The van der Waals surface area contributed by atoms with Crippen LogP contribution in [0.2, 0.25) is 0 Å². The molecule has 2 nitrogen and oxygen atoms in total. The lowest BCUT2D eigenvalue weighted by Crippen LogP contribution is -2.10. The summed E-state index contributed by atoms with van der Waals surface area (Å²) >= 11 is 0. The molecule has 0 N–H and O–H groups in total. The molecule has 2 rings (SSSR count). The minimum absolute atomic E-state index is 0.101. The van der Waals surface area contributed by atoms with Crippen LogP contribution >= 0.6 is 0 Å². The summed E-state index contributed by atoms with van der Waals surface area (Å²) in [5, 5.41) is 8.75. The second kappa shape index (κ2) is 5.16. The van der Waals surface area contributed by atoms with Crippen LogP contribution in [0.4, 0.5) is 0 Å². The molecule has 0 aliphatic rings. The van der Waals surface area contributed by atoms with E-state index < -0.39 is 0 Å². The summed E-state index contributed by atoms with van der Waals surface area (Å²) in [6.45, 7) is 6.52. The largest absolute Gasteiger partial charge is 0.457 e. The van der Waals surface area contributed by atoms with E-state index in [1.807, 2.05) is 24.3 Å². The molecule has 0 saturated carbocycles. The van der Waals surface area contributed by atoms with Crippen molar-refractivity contribution in [3.05, 3.63) is 59.7 Å². The maximum Gasteiger partial charge on any atom is 0.127 e. The van der Waals surface area contributed by atoms with Crippen molar-refractivity contribution in [3.8, 4) is 17.6 Å². The van der Waals surface area contributed by atoms with E-state index in [0.717, 1.165) is 11.5 Å². The van der Waals surface area contributed by atoms with Crippen LogP contribution in [0.3, 0.4) is 0 Å². The Hall–Kier alpha value is -2.27. The highest BCUT2D eigenvalue weighted by Crippen LogP contribution is 2.28. The van der Waals surface area contributed by atoms with Crippen molar-refractivity contribution in [2.45, 2.75) is 26.2 Å². The van der Waals surface area contributed by atoms with Crippen molar-refractivity contribution in [1.82, 2.24) is 0 Å². The summed E-state index contributed by atoms with van der Waals surface area (Å²) in [5.41, 5.74) is 1.97. The SMILES string of the molecule is CC(C)(C)c1cccc(Oc2ccc(C#N)cc2)c1. The summed E-state index contributed by atoms with van der Waals surface area (Å²) in [5.74, 6) is 1.56. The van der Waals surface area contributed by atoms with Crippen molar-refractivity contribution in [1.29, 1.82) is 5.26 Å². The molecule has 0 aliphatic carbocycles. The number of benzene rings is 2. The second-order valence-corrected chi connectivity index (χ2v) is 5.52. The molecular weight excluding hydrogens is 234 g/mol. The molecule has 0 unspecified atom stereocenters. The van der Waals surface area contributed by atoms with Gasteiger partial charge in [-0.1, -0.05) is 32.9 Å². The van der Waals surface area contributed by atoms with Gasteiger partial charge in [-0.05, 0) is 47.4 Å². The predicted octanol–water partition coefficient (Wildman–Crippen LogP) is 4.65. The average molecular weight is 251 g/mol. The Morgan fingerprint density at radius 1 is 0.947 bits per heavy atom. The molecule has 0 aliphatic heterocycles. The van der Waals surface area contributed by atoms with Gasteiger partial charge in [0.1, 0.15) is 11.5 Å². The third kappa shape index (κ3) is 3.35. The maximum atomic E-state index is 8.75. The fourth-order valence-corrected chi connectivity index (χ4v) is 1.76. The number of ether oxygens (including phenoxy) is 1. The third-order valence-electron chi connectivity index (χ3n) is 2.92. The lowest BCUT2D eigenvalue weighted by molar-refractivity contribution is 0.478. The molecule has 2 heteroatoms. The Kier molecular flexibility index (Phi) is 3.57. The Morgan fingerprint density at radius 3 is 2.21 bits per heavy atom. The van der Waals surface area contributed by atoms with Crippen molar-refractivity contribution in [2.24, 2.45) is 0 Å². The van der Waals surface area contributed by atoms with Crippen molar-refractivity contribution < 1.29 is 4.74 Å². The fraction of sp³-hybridized carbons (Fsp3) is 0.235. The van der Waals surface area contributed by atoms with Gasteiger partial charge in [0.15, 0.2) is 0 Å². The Bertz CT molecular complexity index is 600. The van der Waals surface area contributed by atoms with Gasteiger partial charge in [0.2, 0.25) is 0 Å². The van der Waals surface area contributed by atoms with E-state index in [2.05, 4.69) is 39.0 Å². The van der Waals surface area contributed by atoms with Crippen LogP contribution in [0.5, 0.6) is 11.5 Å². The molecule has 96 valence electrons. The van der Waals surface area contributed by atoms with Gasteiger partial charge in [0.25, 0.3) is 0 Å². The van der Waals surface area contributed by atoms with Crippen LogP contribution in [0.1, 0.15) is 31.9 Å². The minimum Gasteiger partial charge on any atom is -0.457 e. The quantitative estimate of drug-likeness (QED) is 0.778. The summed E-state index contributed by atoms with van der Waals surface area (Å²) < 4.78 is 5.80. The normalized spacial score (nSPS) is 10.8. The molecule has 0 heterocycles. The van der Waals surface area contributed by atoms with E-state index >= 15 is 0 Å². The van der Waals surface area contributed by atoms with E-state index in [1.54, 1.807) is 12.1 Å². The summed E-state index contributed by atoms with van der Waals surface area (Å²) in [4.78, 5) is 0. The van der Waals surface area contributed by atoms with Gasteiger partial charge in [0, 0.05) is 0 Å². The van der Waals surface area contributed by atoms with E-state index in [9.17, 15) is 0 Å². The lowest BCUT2D eigenvalue weighted by atomic mass is 9.87. The average Bonchev–Trinajstić information content (AvgIpc) is 2.39. The molecule has 0 spiro atoms. The summed E-state index contributed by atoms with van der Waals surface area (Å²) in [7, 11) is 0. The van der Waals surface area contributed by atoms with Crippen molar-refractivity contribution in [3.63, 3.8) is 0 Å². The number of nitriles is 1. The van der Waals surface area contributed by atoms with E-state index in [0.29, 0.717) is 5.56 Å². The maximum absolute atomic E-state index is 8.75. The fourth-order valence-electron chi connectivity index (χ4n) is 1.76. The van der Waals surface area contributed by atoms with Crippen LogP contribution in [-0.4, -0.2) is 0 Å². The second-order valence-electron chi connectivity index (χ2n) is 5.52. The zero-order chi connectivity index (χ0) is 13.9. The zero-order valence-corrected chi connectivity index (χ0v) is 11.5. The van der Waals surface area contributed by atoms with E-state index in [4.69, 9.17) is 10.00 Å². The highest BCUT2D eigenvalue weighted by atomic mass is 16.5. The highest BCUT2D eigenvalue weighted by Gasteiger charge is 2.14. The van der Waals surface area contributed by atoms with Gasteiger partial charge >= 0.3 is 0 Å². The Labute approximate surface area is 114 Å². The first-order valence-electron chi connectivity index (χ1n) is 6.27. The number of hydrogen-bond acceptors (Lipinski definition) is 2. The molecule has 0 amide bonds. The Balaban J connectivity index is 2.21. The highest BCUT2D eigenvalue weighted by molar-refractivity contribution is 5.39. The van der Waals surface area contributed by atoms with Crippen LogP contribution in [0.25, 0.3) is 0 Å². The first kappa shape index (κ1) is 13.2. The Morgan fingerprint density at radius 2 is 1.63 bits per heavy atom. The molecular formula is C17H17NO. The van der Waals surface area contributed by atoms with Crippen molar-refractivity contribution >= 4 is 0 Å².